The Morgan fingerprint density at radius 1 is 0.419 bits per heavy atom. The predicted molar refractivity (Wildman–Crippen MR) is 264 cm³/mol. The molecule has 0 spiro atoms. The van der Waals surface area contributed by atoms with Crippen LogP contribution < -0.4 is 9.80 Å². The highest BCUT2D eigenvalue weighted by Crippen LogP contribution is 2.54. The summed E-state index contributed by atoms with van der Waals surface area (Å²) in [6, 6.07) is 57.4. The van der Waals surface area contributed by atoms with Crippen molar-refractivity contribution in [3.05, 3.63) is 215 Å². The number of hydrogen-bond donors (Lipinski definition) is 0. The molecule has 0 bridgehead atoms. The van der Waals surface area contributed by atoms with Gasteiger partial charge in [0.15, 0.2) is 0 Å². The molecule has 62 heavy (non-hydrogen) atoms. The average Bonchev–Trinajstić information content (AvgIpc) is 3.69. The summed E-state index contributed by atoms with van der Waals surface area (Å²) < 4.78 is 0. The van der Waals surface area contributed by atoms with Crippen molar-refractivity contribution >= 4 is 56.1 Å². The lowest BCUT2D eigenvalue weighted by atomic mass is 9.82. The Hall–Kier alpha value is -6.90. The first kappa shape index (κ1) is 36.9. The molecule has 0 aliphatic heterocycles. The summed E-state index contributed by atoms with van der Waals surface area (Å²) in [5.74, 6) is 0. The summed E-state index contributed by atoms with van der Waals surface area (Å²) in [5.41, 5.74) is 20.9. The van der Waals surface area contributed by atoms with Crippen LogP contribution in [0.4, 0.5) is 28.4 Å². The minimum Gasteiger partial charge on any atom is -0.314 e. The molecule has 8 aromatic carbocycles. The molecule has 0 saturated heterocycles. The topological polar surface area (TPSA) is 6.48 Å². The minimum absolute atomic E-state index is 0.0875. The molecule has 2 heteroatoms. The molecule has 0 heterocycles. The first-order valence-electron chi connectivity index (χ1n) is 22.5. The SMILES string of the molecule is CC1(C)c2ccccc2-c2ccc(N(C3=CC=CCC3)c3cc4c(cc(N(c5ccccc5)c5ccc6c(c5)C(C)(C)c5ccccc5-6)c5ccccc54)c4c3CCC=C4)cc21. The van der Waals surface area contributed by atoms with Gasteiger partial charge in [-0.05, 0) is 152 Å². The minimum atomic E-state index is -0.107. The normalized spacial score (nSPS) is 16.0. The zero-order chi connectivity index (χ0) is 41.7. The molecule has 0 atom stereocenters. The zero-order valence-corrected chi connectivity index (χ0v) is 36.0. The molecule has 0 fully saturated rings. The zero-order valence-electron chi connectivity index (χ0n) is 36.0. The number of allylic oxidation sites excluding steroid dienone is 5. The Balaban J connectivity index is 1.09. The number of hydrogen-bond acceptors (Lipinski definition) is 2. The first-order chi connectivity index (χ1) is 30.3. The maximum absolute atomic E-state index is 2.61. The Kier molecular flexibility index (Phi) is 8.22. The van der Waals surface area contributed by atoms with Crippen LogP contribution in [0.5, 0.6) is 0 Å². The van der Waals surface area contributed by atoms with Crippen LogP contribution in [0.2, 0.25) is 0 Å². The van der Waals surface area contributed by atoms with Crippen LogP contribution in [0.1, 0.15) is 80.3 Å². The second kappa shape index (κ2) is 13.8. The smallest absolute Gasteiger partial charge is 0.0546 e. The monoisotopic (exact) mass is 798 g/mol. The van der Waals surface area contributed by atoms with Gasteiger partial charge in [0.2, 0.25) is 0 Å². The number of rotatable bonds is 6. The lowest BCUT2D eigenvalue weighted by Gasteiger charge is -2.34. The highest BCUT2D eigenvalue weighted by Gasteiger charge is 2.38. The molecule has 0 saturated carbocycles. The van der Waals surface area contributed by atoms with E-state index in [1.807, 2.05) is 0 Å². The van der Waals surface area contributed by atoms with Gasteiger partial charge in [-0.25, -0.2) is 0 Å². The quantitative estimate of drug-likeness (QED) is 0.155. The maximum Gasteiger partial charge on any atom is 0.0546 e. The third-order valence-corrected chi connectivity index (χ3v) is 14.5. The van der Waals surface area contributed by atoms with E-state index in [0.29, 0.717) is 0 Å². The predicted octanol–water partition coefficient (Wildman–Crippen LogP) is 16.4. The van der Waals surface area contributed by atoms with Crippen LogP contribution in [0.15, 0.2) is 182 Å². The summed E-state index contributed by atoms with van der Waals surface area (Å²) in [6.07, 6.45) is 15.8. The van der Waals surface area contributed by atoms with Gasteiger partial charge in [-0.15, -0.1) is 0 Å². The fraction of sp³-hybridized carbons (Fsp3) is 0.167. The standard InChI is InChI=1S/C60H50N2/c1-59(2)53-29-17-15-25-45(53)47-33-31-41(35-55(47)59)61(39-19-7-5-8-20-39)57-37-51-44-24-12-14-28-50(44)58(38-52(51)43-23-11-13-27-49(43)57)62(40-21-9-6-10-22-40)42-32-34-48-46-26-16-18-30-54(46)60(3,4)56(48)36-42/h5-9,11-13,15-21,23-27,29-38H,10,14,22,28H2,1-4H3. The third-order valence-electron chi connectivity index (χ3n) is 14.5. The Morgan fingerprint density at radius 3 is 1.65 bits per heavy atom. The molecule has 12 rings (SSSR count). The fourth-order valence-electron chi connectivity index (χ4n) is 11.5. The molecule has 0 radical (unpaired) electrons. The van der Waals surface area contributed by atoms with E-state index < -0.39 is 0 Å². The number of para-hydroxylation sites is 1. The van der Waals surface area contributed by atoms with Crippen LogP contribution in [0.3, 0.4) is 0 Å². The summed E-state index contributed by atoms with van der Waals surface area (Å²) in [4.78, 5) is 5.12. The van der Waals surface area contributed by atoms with Crippen molar-refractivity contribution in [2.45, 2.75) is 64.2 Å². The van der Waals surface area contributed by atoms with Crippen LogP contribution in [-0.2, 0) is 17.3 Å². The van der Waals surface area contributed by atoms with Crippen molar-refractivity contribution in [1.29, 1.82) is 0 Å². The number of fused-ring (bicyclic) bond motifs is 11. The van der Waals surface area contributed by atoms with Crippen molar-refractivity contribution in [3.63, 3.8) is 0 Å². The lowest BCUT2D eigenvalue weighted by molar-refractivity contribution is 0.660. The molecule has 0 unspecified atom stereocenters. The molecular weight excluding hydrogens is 749 g/mol. The van der Waals surface area contributed by atoms with Crippen LogP contribution >= 0.6 is 0 Å². The van der Waals surface area contributed by atoms with Gasteiger partial charge in [0.1, 0.15) is 0 Å². The van der Waals surface area contributed by atoms with E-state index >= 15 is 0 Å². The highest BCUT2D eigenvalue weighted by molar-refractivity contribution is 6.18. The molecule has 8 aromatic rings. The summed E-state index contributed by atoms with van der Waals surface area (Å²) in [6.45, 7) is 9.53. The highest BCUT2D eigenvalue weighted by atomic mass is 15.2. The second-order valence-electron chi connectivity index (χ2n) is 18.7. The van der Waals surface area contributed by atoms with Gasteiger partial charge >= 0.3 is 0 Å². The van der Waals surface area contributed by atoms with Crippen LogP contribution in [0, 0.1) is 0 Å². The molecule has 2 nitrogen and oxygen atoms in total. The van der Waals surface area contributed by atoms with Crippen LogP contribution in [0.25, 0.3) is 49.9 Å². The summed E-state index contributed by atoms with van der Waals surface area (Å²) in [5, 5.41) is 5.09. The van der Waals surface area contributed by atoms with E-state index in [1.165, 1.54) is 106 Å². The van der Waals surface area contributed by atoms with E-state index in [9.17, 15) is 0 Å². The number of benzene rings is 8. The fourth-order valence-corrected chi connectivity index (χ4v) is 11.5. The number of anilines is 5. The molecule has 0 aromatic heterocycles. The van der Waals surface area contributed by atoms with Gasteiger partial charge in [0.05, 0.1) is 11.4 Å². The van der Waals surface area contributed by atoms with Gasteiger partial charge in [0.25, 0.3) is 0 Å². The van der Waals surface area contributed by atoms with E-state index in [4.69, 9.17) is 0 Å². The van der Waals surface area contributed by atoms with E-state index in [1.54, 1.807) is 0 Å². The molecule has 0 amide bonds. The van der Waals surface area contributed by atoms with Crippen molar-refractivity contribution in [2.24, 2.45) is 0 Å². The Bertz CT molecular complexity index is 3250. The average molecular weight is 799 g/mol. The summed E-state index contributed by atoms with van der Waals surface area (Å²) in [7, 11) is 0. The van der Waals surface area contributed by atoms with Crippen LogP contribution in [-0.4, -0.2) is 0 Å². The van der Waals surface area contributed by atoms with Gasteiger partial charge in [-0.3, -0.25) is 0 Å². The second-order valence-corrected chi connectivity index (χ2v) is 18.7. The Morgan fingerprint density at radius 2 is 0.984 bits per heavy atom. The summed E-state index contributed by atoms with van der Waals surface area (Å²) >= 11 is 0. The van der Waals surface area contributed by atoms with Gasteiger partial charge in [-0.1, -0.05) is 155 Å². The molecule has 300 valence electrons. The molecule has 0 N–H and O–H groups in total. The van der Waals surface area contributed by atoms with Crippen molar-refractivity contribution < 1.29 is 0 Å². The first-order valence-corrected chi connectivity index (χ1v) is 22.5. The van der Waals surface area contributed by atoms with Crippen molar-refractivity contribution in [3.8, 4) is 22.3 Å². The van der Waals surface area contributed by atoms with Gasteiger partial charge < -0.3 is 9.80 Å². The van der Waals surface area contributed by atoms with Gasteiger partial charge in [0, 0.05) is 39.0 Å². The van der Waals surface area contributed by atoms with E-state index in [0.717, 1.165) is 31.4 Å². The van der Waals surface area contributed by atoms with Crippen molar-refractivity contribution in [1.82, 2.24) is 0 Å². The maximum atomic E-state index is 2.61. The van der Waals surface area contributed by atoms with Gasteiger partial charge in [-0.2, -0.15) is 0 Å². The number of nitrogens with zero attached hydrogens (tertiary/aromatic N) is 2. The molecule has 4 aliphatic rings. The van der Waals surface area contributed by atoms with E-state index in [2.05, 4.69) is 220 Å². The van der Waals surface area contributed by atoms with Crippen molar-refractivity contribution in [2.75, 3.05) is 9.80 Å². The largest absolute Gasteiger partial charge is 0.314 e. The Labute approximate surface area is 365 Å². The lowest BCUT2D eigenvalue weighted by Crippen LogP contribution is -2.21. The molecular formula is C60H50N2. The van der Waals surface area contributed by atoms with E-state index in [-0.39, 0.29) is 10.8 Å². The molecule has 4 aliphatic carbocycles. The third kappa shape index (κ3) is 5.42.